The summed E-state index contributed by atoms with van der Waals surface area (Å²) in [5.41, 5.74) is 6.60. The number of halogens is 1. The smallest absolute Gasteiger partial charge is 0.277 e. The van der Waals surface area contributed by atoms with Crippen LogP contribution in [0.1, 0.15) is 17.0 Å². The van der Waals surface area contributed by atoms with Crippen LogP contribution in [0.2, 0.25) is 0 Å². The predicted octanol–water partition coefficient (Wildman–Crippen LogP) is 4.39. The van der Waals surface area contributed by atoms with Crippen molar-refractivity contribution in [3.8, 4) is 17.2 Å². The Morgan fingerprint density at radius 1 is 1.14 bits per heavy atom. The standard InChI is InChI=1S/C22H22BrN3O3/c1-15-11-17(16(2)26(15)19-6-4-5-18(23)12-19)13-24-25-22(27)14-29-21-9-7-20(28-3)8-10-21/h4-13H,14H2,1-3H3,(H,25,27)/b24-13-. The van der Waals surface area contributed by atoms with Crippen molar-refractivity contribution in [3.63, 3.8) is 0 Å². The van der Waals surface area contributed by atoms with Gasteiger partial charge in [0.05, 0.1) is 13.3 Å². The molecule has 2 aromatic carbocycles. The van der Waals surface area contributed by atoms with Crippen molar-refractivity contribution in [3.05, 3.63) is 76.0 Å². The topological polar surface area (TPSA) is 64.8 Å². The molecule has 0 saturated carbocycles. The predicted molar refractivity (Wildman–Crippen MR) is 117 cm³/mol. The van der Waals surface area contributed by atoms with E-state index in [1.807, 2.05) is 38.1 Å². The van der Waals surface area contributed by atoms with E-state index >= 15 is 0 Å². The number of hydrazone groups is 1. The van der Waals surface area contributed by atoms with Crippen LogP contribution in [-0.2, 0) is 4.79 Å². The van der Waals surface area contributed by atoms with Crippen molar-refractivity contribution in [2.75, 3.05) is 13.7 Å². The fourth-order valence-electron chi connectivity index (χ4n) is 2.96. The van der Waals surface area contributed by atoms with Gasteiger partial charge in [-0.1, -0.05) is 22.0 Å². The van der Waals surface area contributed by atoms with Crippen LogP contribution in [0.5, 0.6) is 11.5 Å². The minimum absolute atomic E-state index is 0.124. The van der Waals surface area contributed by atoms with E-state index in [0.29, 0.717) is 5.75 Å². The lowest BCUT2D eigenvalue weighted by molar-refractivity contribution is -0.123. The Kier molecular flexibility index (Phi) is 6.72. The van der Waals surface area contributed by atoms with Gasteiger partial charge in [-0.2, -0.15) is 5.10 Å². The van der Waals surface area contributed by atoms with E-state index in [0.717, 1.165) is 32.9 Å². The molecule has 1 N–H and O–H groups in total. The average Bonchev–Trinajstić information content (AvgIpc) is 3.00. The highest BCUT2D eigenvalue weighted by atomic mass is 79.9. The number of aromatic nitrogens is 1. The highest BCUT2D eigenvalue weighted by Gasteiger charge is 2.10. The largest absolute Gasteiger partial charge is 0.497 e. The summed E-state index contributed by atoms with van der Waals surface area (Å²) in [5, 5.41) is 4.06. The van der Waals surface area contributed by atoms with Gasteiger partial charge in [-0.3, -0.25) is 4.79 Å². The van der Waals surface area contributed by atoms with Crippen molar-refractivity contribution in [1.29, 1.82) is 0 Å². The number of aryl methyl sites for hydroxylation is 1. The zero-order chi connectivity index (χ0) is 20.8. The number of carbonyl (C=O) groups excluding carboxylic acids is 1. The molecule has 0 fully saturated rings. The number of nitrogens with one attached hydrogen (secondary N) is 1. The van der Waals surface area contributed by atoms with Crippen LogP contribution in [0.15, 0.2) is 64.2 Å². The summed E-state index contributed by atoms with van der Waals surface area (Å²) >= 11 is 3.51. The number of carbonyl (C=O) groups is 1. The highest BCUT2D eigenvalue weighted by Crippen LogP contribution is 2.22. The minimum atomic E-state index is -0.335. The molecule has 0 aliphatic heterocycles. The Balaban J connectivity index is 1.60. The Labute approximate surface area is 178 Å². The number of methoxy groups -OCH3 is 1. The molecule has 150 valence electrons. The van der Waals surface area contributed by atoms with Gasteiger partial charge in [0.1, 0.15) is 11.5 Å². The maximum atomic E-state index is 12.0. The van der Waals surface area contributed by atoms with E-state index < -0.39 is 0 Å². The molecule has 0 aliphatic rings. The summed E-state index contributed by atoms with van der Waals surface area (Å²) in [6.45, 7) is 3.93. The van der Waals surface area contributed by atoms with E-state index in [1.54, 1.807) is 37.6 Å². The van der Waals surface area contributed by atoms with Gasteiger partial charge in [0.25, 0.3) is 5.91 Å². The molecule has 0 spiro atoms. The van der Waals surface area contributed by atoms with Crippen molar-refractivity contribution in [1.82, 2.24) is 9.99 Å². The molecule has 29 heavy (non-hydrogen) atoms. The number of benzene rings is 2. The van der Waals surface area contributed by atoms with E-state index in [2.05, 4.69) is 37.1 Å². The van der Waals surface area contributed by atoms with Gasteiger partial charge in [-0.25, -0.2) is 5.43 Å². The van der Waals surface area contributed by atoms with E-state index in [4.69, 9.17) is 9.47 Å². The summed E-state index contributed by atoms with van der Waals surface area (Å²) in [4.78, 5) is 12.0. The van der Waals surface area contributed by atoms with E-state index in [-0.39, 0.29) is 12.5 Å². The lowest BCUT2D eigenvalue weighted by atomic mass is 10.2. The highest BCUT2D eigenvalue weighted by molar-refractivity contribution is 9.10. The molecule has 1 heterocycles. The molecule has 0 bridgehead atoms. The van der Waals surface area contributed by atoms with Gasteiger partial charge in [0, 0.05) is 27.1 Å². The molecule has 3 rings (SSSR count). The molecule has 6 nitrogen and oxygen atoms in total. The summed E-state index contributed by atoms with van der Waals surface area (Å²) in [5.74, 6) is 0.979. The summed E-state index contributed by atoms with van der Waals surface area (Å²) in [6.07, 6.45) is 1.64. The monoisotopic (exact) mass is 455 g/mol. The quantitative estimate of drug-likeness (QED) is 0.424. The molecular weight excluding hydrogens is 434 g/mol. The van der Waals surface area contributed by atoms with Crippen LogP contribution in [0.3, 0.4) is 0 Å². The Hall–Kier alpha value is -3.06. The van der Waals surface area contributed by atoms with Crippen molar-refractivity contribution < 1.29 is 14.3 Å². The first-order valence-corrected chi connectivity index (χ1v) is 9.81. The van der Waals surface area contributed by atoms with E-state index in [9.17, 15) is 4.79 Å². The van der Waals surface area contributed by atoms with Crippen LogP contribution in [0.4, 0.5) is 0 Å². The molecule has 1 amide bonds. The first-order chi connectivity index (χ1) is 14.0. The molecule has 7 heteroatoms. The van der Waals surface area contributed by atoms with Gasteiger partial charge in [-0.05, 0) is 62.4 Å². The normalized spacial score (nSPS) is 10.9. The molecule has 0 saturated heterocycles. The van der Waals surface area contributed by atoms with Crippen molar-refractivity contribution in [2.24, 2.45) is 5.10 Å². The maximum absolute atomic E-state index is 12.0. The minimum Gasteiger partial charge on any atom is -0.497 e. The number of rotatable bonds is 7. The molecule has 0 radical (unpaired) electrons. The van der Waals surface area contributed by atoms with E-state index in [1.165, 1.54) is 0 Å². The fourth-order valence-corrected chi connectivity index (χ4v) is 3.34. The third-order valence-corrected chi connectivity index (χ3v) is 4.85. The summed E-state index contributed by atoms with van der Waals surface area (Å²) in [7, 11) is 1.59. The van der Waals surface area contributed by atoms with Gasteiger partial charge in [-0.15, -0.1) is 0 Å². The number of hydrogen-bond acceptors (Lipinski definition) is 4. The van der Waals surface area contributed by atoms with Crippen LogP contribution in [0, 0.1) is 13.8 Å². The van der Waals surface area contributed by atoms with Crippen LogP contribution >= 0.6 is 15.9 Å². The number of amides is 1. The second kappa shape index (κ2) is 9.43. The number of hydrogen-bond donors (Lipinski definition) is 1. The van der Waals surface area contributed by atoms with Crippen LogP contribution in [0.25, 0.3) is 5.69 Å². The van der Waals surface area contributed by atoms with Crippen LogP contribution in [-0.4, -0.2) is 30.4 Å². The van der Waals surface area contributed by atoms with Crippen LogP contribution < -0.4 is 14.9 Å². The first-order valence-electron chi connectivity index (χ1n) is 9.01. The lowest BCUT2D eigenvalue weighted by Gasteiger charge is -2.09. The average molecular weight is 456 g/mol. The third kappa shape index (κ3) is 5.26. The zero-order valence-electron chi connectivity index (χ0n) is 16.5. The fraction of sp³-hybridized carbons (Fsp3) is 0.182. The summed E-state index contributed by atoms with van der Waals surface area (Å²) < 4.78 is 13.7. The zero-order valence-corrected chi connectivity index (χ0v) is 18.1. The third-order valence-electron chi connectivity index (χ3n) is 4.36. The molecule has 0 atom stereocenters. The summed E-state index contributed by atoms with van der Waals surface area (Å²) in [6, 6.07) is 17.1. The maximum Gasteiger partial charge on any atom is 0.277 e. The molecule has 0 aliphatic carbocycles. The Morgan fingerprint density at radius 2 is 1.86 bits per heavy atom. The second-order valence-electron chi connectivity index (χ2n) is 6.40. The Bertz CT molecular complexity index is 1030. The van der Waals surface area contributed by atoms with Gasteiger partial charge in [0.15, 0.2) is 6.61 Å². The van der Waals surface area contributed by atoms with Gasteiger partial charge >= 0.3 is 0 Å². The number of ether oxygens (including phenoxy) is 2. The van der Waals surface area contributed by atoms with Crippen molar-refractivity contribution in [2.45, 2.75) is 13.8 Å². The van der Waals surface area contributed by atoms with Crippen molar-refractivity contribution >= 4 is 28.1 Å². The molecular formula is C22H22BrN3O3. The SMILES string of the molecule is COc1ccc(OCC(=O)N/N=C\c2cc(C)n(-c3cccc(Br)c3)c2C)cc1. The Morgan fingerprint density at radius 3 is 2.55 bits per heavy atom. The molecule has 1 aromatic heterocycles. The first kappa shape index (κ1) is 20.7. The second-order valence-corrected chi connectivity index (χ2v) is 7.31. The number of nitrogens with zero attached hydrogens (tertiary/aromatic N) is 2. The van der Waals surface area contributed by atoms with Gasteiger partial charge in [0.2, 0.25) is 0 Å². The molecule has 0 unspecified atom stereocenters. The van der Waals surface area contributed by atoms with Gasteiger partial charge < -0.3 is 14.0 Å². The lowest BCUT2D eigenvalue weighted by Crippen LogP contribution is -2.24. The molecule has 3 aromatic rings.